The first-order valence-electron chi connectivity index (χ1n) is 8.37. The Morgan fingerprint density at radius 2 is 2.00 bits per heavy atom. The molecular weight excluding hydrogens is 328 g/mol. The molecule has 0 atom stereocenters. The summed E-state index contributed by atoms with van der Waals surface area (Å²) in [4.78, 5) is 24.4. The summed E-state index contributed by atoms with van der Waals surface area (Å²) in [6.07, 6.45) is 7.09. The minimum Gasteiger partial charge on any atom is -0.369 e. The summed E-state index contributed by atoms with van der Waals surface area (Å²) in [6.45, 7) is 0. The van der Waals surface area contributed by atoms with Crippen LogP contribution in [-0.2, 0) is 24.1 Å². The second-order valence-corrected chi connectivity index (χ2v) is 6.22. The van der Waals surface area contributed by atoms with Gasteiger partial charge in [0.15, 0.2) is 0 Å². The Bertz CT molecular complexity index is 972. The zero-order chi connectivity index (χ0) is 17.9. The summed E-state index contributed by atoms with van der Waals surface area (Å²) in [6, 6.07) is 9.75. The van der Waals surface area contributed by atoms with Crippen molar-refractivity contribution in [1.29, 1.82) is 0 Å². The van der Waals surface area contributed by atoms with E-state index in [0.717, 1.165) is 40.9 Å². The lowest BCUT2D eigenvalue weighted by Crippen LogP contribution is -2.15. The normalized spacial score (nSPS) is 12.6. The van der Waals surface area contributed by atoms with Crippen LogP contribution in [0.5, 0.6) is 0 Å². The second kappa shape index (κ2) is 6.79. The van der Waals surface area contributed by atoms with E-state index < -0.39 is 0 Å². The number of hydrogen-bond acceptors (Lipinski definition) is 6. The SMILES string of the molecule is NC(=O)Cc1ccc2cc1CCc1cncc(c1)Nc1nccc(n1)N2. The molecule has 3 aromatic rings. The molecule has 3 heterocycles. The Kier molecular flexibility index (Phi) is 4.18. The second-order valence-electron chi connectivity index (χ2n) is 6.22. The molecule has 130 valence electrons. The summed E-state index contributed by atoms with van der Waals surface area (Å²) < 4.78 is 0. The van der Waals surface area contributed by atoms with Crippen LogP contribution >= 0.6 is 0 Å². The first-order chi connectivity index (χ1) is 12.7. The molecule has 7 nitrogen and oxygen atoms in total. The monoisotopic (exact) mass is 346 g/mol. The molecule has 1 aliphatic rings. The first kappa shape index (κ1) is 16.0. The van der Waals surface area contributed by atoms with Gasteiger partial charge in [0.25, 0.3) is 0 Å². The van der Waals surface area contributed by atoms with Gasteiger partial charge in [-0.15, -0.1) is 0 Å². The summed E-state index contributed by atoms with van der Waals surface area (Å²) in [5.74, 6) is 0.844. The van der Waals surface area contributed by atoms with E-state index >= 15 is 0 Å². The topological polar surface area (TPSA) is 106 Å². The van der Waals surface area contributed by atoms with Gasteiger partial charge in [-0.2, -0.15) is 4.98 Å². The van der Waals surface area contributed by atoms with Crippen molar-refractivity contribution in [1.82, 2.24) is 15.0 Å². The smallest absolute Gasteiger partial charge is 0.229 e. The Balaban J connectivity index is 1.78. The number of nitrogens with two attached hydrogens (primary N) is 1. The molecule has 7 heteroatoms. The van der Waals surface area contributed by atoms with Crippen LogP contribution in [0.2, 0.25) is 0 Å². The van der Waals surface area contributed by atoms with Gasteiger partial charge in [0.1, 0.15) is 5.82 Å². The van der Waals surface area contributed by atoms with Crippen molar-refractivity contribution in [3.05, 3.63) is 65.6 Å². The summed E-state index contributed by atoms with van der Waals surface area (Å²) in [7, 11) is 0. The number of carbonyl (C=O) groups is 1. The van der Waals surface area contributed by atoms with E-state index in [1.807, 2.05) is 30.5 Å². The van der Waals surface area contributed by atoms with Gasteiger partial charge in [-0.3, -0.25) is 9.78 Å². The summed E-state index contributed by atoms with van der Waals surface area (Å²) in [5, 5.41) is 6.47. The number of pyridine rings is 1. The predicted molar refractivity (Wildman–Crippen MR) is 99.6 cm³/mol. The fourth-order valence-electron chi connectivity index (χ4n) is 3.03. The Labute approximate surface area is 150 Å². The molecule has 26 heavy (non-hydrogen) atoms. The van der Waals surface area contributed by atoms with Crippen LogP contribution in [0.25, 0.3) is 0 Å². The van der Waals surface area contributed by atoms with Crippen molar-refractivity contribution in [2.45, 2.75) is 19.3 Å². The number of benzene rings is 1. The van der Waals surface area contributed by atoms with E-state index in [-0.39, 0.29) is 12.3 Å². The number of nitrogens with zero attached hydrogens (tertiary/aromatic N) is 3. The Morgan fingerprint density at radius 1 is 1.08 bits per heavy atom. The molecule has 0 saturated heterocycles. The van der Waals surface area contributed by atoms with Gasteiger partial charge in [0.2, 0.25) is 11.9 Å². The van der Waals surface area contributed by atoms with Gasteiger partial charge in [0.05, 0.1) is 18.3 Å². The number of rotatable bonds is 2. The Morgan fingerprint density at radius 3 is 2.88 bits per heavy atom. The zero-order valence-corrected chi connectivity index (χ0v) is 14.1. The number of fused-ring (bicyclic) bond motifs is 6. The van der Waals surface area contributed by atoms with Gasteiger partial charge in [-0.1, -0.05) is 6.07 Å². The van der Waals surface area contributed by atoms with Gasteiger partial charge >= 0.3 is 0 Å². The molecule has 4 N–H and O–H groups in total. The highest BCUT2D eigenvalue weighted by atomic mass is 16.1. The van der Waals surface area contributed by atoms with Crippen LogP contribution in [0.4, 0.5) is 23.1 Å². The van der Waals surface area contributed by atoms with Crippen molar-refractivity contribution in [3.63, 3.8) is 0 Å². The lowest BCUT2D eigenvalue weighted by atomic mass is 9.97. The van der Waals surface area contributed by atoms with Crippen LogP contribution in [0.15, 0.2) is 48.9 Å². The molecule has 0 unspecified atom stereocenters. The maximum absolute atomic E-state index is 11.4. The maximum Gasteiger partial charge on any atom is 0.229 e. The quantitative estimate of drug-likeness (QED) is 0.658. The predicted octanol–water partition coefficient (Wildman–Crippen LogP) is 2.49. The maximum atomic E-state index is 11.4. The molecule has 0 radical (unpaired) electrons. The summed E-state index contributed by atoms with van der Waals surface area (Å²) in [5.41, 5.74) is 10.3. The van der Waals surface area contributed by atoms with Crippen molar-refractivity contribution < 1.29 is 4.79 Å². The number of primary amides is 1. The number of hydrogen-bond donors (Lipinski definition) is 3. The molecule has 0 saturated carbocycles. The summed E-state index contributed by atoms with van der Waals surface area (Å²) >= 11 is 0. The fraction of sp³-hybridized carbons (Fsp3) is 0.158. The van der Waals surface area contributed by atoms with Gasteiger partial charge < -0.3 is 16.4 Å². The molecule has 0 fully saturated rings. The van der Waals surface area contributed by atoms with Crippen LogP contribution in [-0.4, -0.2) is 20.9 Å². The number of nitrogens with one attached hydrogen (secondary N) is 2. The largest absolute Gasteiger partial charge is 0.369 e. The van der Waals surface area contributed by atoms with E-state index in [9.17, 15) is 4.79 Å². The van der Waals surface area contributed by atoms with E-state index in [1.165, 1.54) is 0 Å². The fourth-order valence-corrected chi connectivity index (χ4v) is 3.03. The van der Waals surface area contributed by atoms with Gasteiger partial charge in [-0.25, -0.2) is 4.98 Å². The van der Waals surface area contributed by atoms with E-state index in [2.05, 4.69) is 25.6 Å². The van der Waals surface area contributed by atoms with Crippen molar-refractivity contribution in [2.75, 3.05) is 10.6 Å². The van der Waals surface area contributed by atoms with Crippen molar-refractivity contribution >= 4 is 29.0 Å². The minimum atomic E-state index is -0.335. The van der Waals surface area contributed by atoms with Crippen LogP contribution in [0.1, 0.15) is 16.7 Å². The van der Waals surface area contributed by atoms with Gasteiger partial charge in [0, 0.05) is 18.1 Å². The van der Waals surface area contributed by atoms with Crippen molar-refractivity contribution in [2.24, 2.45) is 5.73 Å². The third kappa shape index (κ3) is 3.61. The molecule has 1 amide bonds. The molecule has 6 bridgehead atoms. The highest BCUT2D eigenvalue weighted by Gasteiger charge is 2.10. The molecule has 0 spiro atoms. The van der Waals surface area contributed by atoms with Gasteiger partial charge in [-0.05, 0) is 53.8 Å². The molecule has 1 aliphatic heterocycles. The van der Waals surface area contributed by atoms with Crippen LogP contribution < -0.4 is 16.4 Å². The first-order valence-corrected chi connectivity index (χ1v) is 8.37. The number of amides is 1. The molecule has 2 aromatic heterocycles. The molecule has 1 aromatic carbocycles. The van der Waals surface area contributed by atoms with E-state index in [0.29, 0.717) is 11.8 Å². The Hall–Kier alpha value is -3.48. The van der Waals surface area contributed by atoms with Crippen LogP contribution in [0.3, 0.4) is 0 Å². The highest BCUT2D eigenvalue weighted by Crippen LogP contribution is 2.24. The average Bonchev–Trinajstić information content (AvgIpc) is 2.62. The molecule has 4 rings (SSSR count). The molecular formula is C19H18N6O. The number of aromatic nitrogens is 3. The lowest BCUT2D eigenvalue weighted by Gasteiger charge is -2.12. The number of anilines is 4. The lowest BCUT2D eigenvalue weighted by molar-refractivity contribution is -0.117. The highest BCUT2D eigenvalue weighted by molar-refractivity contribution is 5.77. The van der Waals surface area contributed by atoms with E-state index in [4.69, 9.17) is 5.73 Å². The third-order valence-corrected chi connectivity index (χ3v) is 4.23. The number of aryl methyl sites for hydroxylation is 2. The minimum absolute atomic E-state index is 0.229. The van der Waals surface area contributed by atoms with Crippen LogP contribution in [0, 0.1) is 0 Å². The average molecular weight is 346 g/mol. The molecule has 0 aliphatic carbocycles. The number of carbonyl (C=O) groups excluding carboxylic acids is 1. The van der Waals surface area contributed by atoms with Crippen molar-refractivity contribution in [3.8, 4) is 0 Å². The zero-order valence-electron chi connectivity index (χ0n) is 14.1. The standard InChI is InChI=1S/C19H18N6O/c20-17(26)9-14-3-4-15-8-13(14)2-1-12-7-16(11-21-10-12)24-19-22-6-5-18(23-15)25-19/h3-8,10-11H,1-2,9H2,(H2,20,26)(H2,22,23,24,25). The van der Waals surface area contributed by atoms with E-state index in [1.54, 1.807) is 18.5 Å². The third-order valence-electron chi connectivity index (χ3n) is 4.23.